The highest BCUT2D eigenvalue weighted by Gasteiger charge is 2.45. The van der Waals surface area contributed by atoms with Gasteiger partial charge in [0.15, 0.2) is 11.6 Å². The lowest BCUT2D eigenvalue weighted by atomic mass is 9.71. The van der Waals surface area contributed by atoms with Crippen LogP contribution < -0.4 is 5.32 Å². The lowest BCUT2D eigenvalue weighted by Crippen LogP contribution is -2.40. The van der Waals surface area contributed by atoms with Crippen molar-refractivity contribution in [2.24, 2.45) is 0 Å². The predicted octanol–water partition coefficient (Wildman–Crippen LogP) is 2.50. The van der Waals surface area contributed by atoms with Crippen molar-refractivity contribution < 1.29 is 14.4 Å². The van der Waals surface area contributed by atoms with Gasteiger partial charge in [-0.3, -0.25) is 14.4 Å². The Morgan fingerprint density at radius 1 is 0.963 bits per heavy atom. The molecule has 6 nitrogen and oxygen atoms in total. The highest BCUT2D eigenvalue weighted by Crippen LogP contribution is 2.45. The summed E-state index contributed by atoms with van der Waals surface area (Å²) in [5.41, 5.74) is 3.05. The van der Waals surface area contributed by atoms with E-state index in [1.165, 1.54) is 12.5 Å². The van der Waals surface area contributed by atoms with E-state index < -0.39 is 5.92 Å². The Balaban J connectivity index is 1.77. The van der Waals surface area contributed by atoms with E-state index in [2.05, 4.69) is 15.3 Å². The lowest BCUT2D eigenvalue weighted by Gasteiger charge is -2.36. The third-order valence-corrected chi connectivity index (χ3v) is 5.36. The third kappa shape index (κ3) is 2.23. The second-order valence-corrected chi connectivity index (χ2v) is 6.87. The first-order valence-electron chi connectivity index (χ1n) is 8.88. The topological polar surface area (TPSA) is 89.0 Å². The van der Waals surface area contributed by atoms with Crippen LogP contribution in [0.1, 0.15) is 51.6 Å². The van der Waals surface area contributed by atoms with Crippen LogP contribution in [0.5, 0.6) is 0 Å². The number of nitrogens with one attached hydrogen (secondary N) is 1. The number of carbonyl (C=O) groups is 3. The number of rotatable bonds is 1. The summed E-state index contributed by atoms with van der Waals surface area (Å²) >= 11 is 0. The molecule has 1 aromatic heterocycles. The van der Waals surface area contributed by atoms with Gasteiger partial charge in [-0.25, -0.2) is 9.97 Å². The maximum atomic E-state index is 13.3. The monoisotopic (exact) mass is 357 g/mol. The Kier molecular flexibility index (Phi) is 3.40. The zero-order chi connectivity index (χ0) is 18.5. The molecular formula is C21H15N3O3. The number of hydrogen-bond donors (Lipinski definition) is 1. The summed E-state index contributed by atoms with van der Waals surface area (Å²) in [6.07, 6.45) is 4.51. The molecule has 0 radical (unpaired) electrons. The molecule has 5 rings (SSSR count). The summed E-state index contributed by atoms with van der Waals surface area (Å²) in [7, 11) is 0. The zero-order valence-electron chi connectivity index (χ0n) is 14.4. The smallest absolute Gasteiger partial charge is 0.228 e. The minimum atomic E-state index is -0.546. The van der Waals surface area contributed by atoms with Gasteiger partial charge in [0.25, 0.3) is 0 Å². The van der Waals surface area contributed by atoms with Crippen LogP contribution in [0, 0.1) is 0 Å². The van der Waals surface area contributed by atoms with Crippen LogP contribution >= 0.6 is 0 Å². The normalized spacial score (nSPS) is 21.5. The van der Waals surface area contributed by atoms with Crippen LogP contribution in [0.3, 0.4) is 0 Å². The van der Waals surface area contributed by atoms with Crippen molar-refractivity contribution in [3.05, 3.63) is 82.2 Å². The Bertz CT molecular complexity index is 1080. The first-order chi connectivity index (χ1) is 13.2. The fourth-order valence-electron chi connectivity index (χ4n) is 4.18. The molecule has 2 aliphatic carbocycles. The standard InChI is InChI=1S/C21H15N3O3/c25-14-8-4-7-13-16(14)15(11-5-2-1-3-6-11)17-19(24-13)21(27)18-12(20(17)26)9-22-10-23-18/h1-3,5-6,9-10,15,24H,4,7-8H2. The fourth-order valence-corrected chi connectivity index (χ4v) is 4.18. The number of fused-ring (bicyclic) bond motifs is 1. The Hall–Kier alpha value is -3.41. The molecule has 0 amide bonds. The van der Waals surface area contributed by atoms with Gasteiger partial charge in [0, 0.05) is 35.4 Å². The lowest BCUT2D eigenvalue weighted by molar-refractivity contribution is -0.116. The third-order valence-electron chi connectivity index (χ3n) is 5.36. The minimum Gasteiger partial charge on any atom is -0.355 e. The molecule has 132 valence electrons. The van der Waals surface area contributed by atoms with Crippen molar-refractivity contribution in [2.45, 2.75) is 25.2 Å². The summed E-state index contributed by atoms with van der Waals surface area (Å²) in [4.78, 5) is 47.1. The molecule has 1 atom stereocenters. The molecule has 1 aromatic carbocycles. The molecule has 0 saturated heterocycles. The summed E-state index contributed by atoms with van der Waals surface area (Å²) in [6.45, 7) is 0. The van der Waals surface area contributed by atoms with E-state index in [4.69, 9.17) is 0 Å². The quantitative estimate of drug-likeness (QED) is 0.843. The average Bonchev–Trinajstić information content (AvgIpc) is 2.71. The van der Waals surface area contributed by atoms with Crippen LogP contribution in [0.2, 0.25) is 0 Å². The minimum absolute atomic E-state index is 0.0273. The molecule has 1 N–H and O–H groups in total. The number of ketones is 3. The largest absolute Gasteiger partial charge is 0.355 e. The van der Waals surface area contributed by atoms with E-state index in [0.717, 1.165) is 17.7 Å². The van der Waals surface area contributed by atoms with Crippen molar-refractivity contribution >= 4 is 17.3 Å². The van der Waals surface area contributed by atoms with Gasteiger partial charge in [0.2, 0.25) is 5.78 Å². The summed E-state index contributed by atoms with van der Waals surface area (Å²) < 4.78 is 0. The molecule has 3 aliphatic rings. The van der Waals surface area contributed by atoms with Crippen LogP contribution in [0.4, 0.5) is 0 Å². The second kappa shape index (κ2) is 5.81. The maximum absolute atomic E-state index is 13.3. The van der Waals surface area contributed by atoms with Gasteiger partial charge in [-0.1, -0.05) is 30.3 Å². The maximum Gasteiger partial charge on any atom is 0.228 e. The second-order valence-electron chi connectivity index (χ2n) is 6.87. The van der Waals surface area contributed by atoms with Gasteiger partial charge in [0.05, 0.1) is 11.3 Å². The Labute approximate surface area is 155 Å². The molecule has 0 bridgehead atoms. The first-order valence-corrected chi connectivity index (χ1v) is 8.88. The van der Waals surface area contributed by atoms with Gasteiger partial charge < -0.3 is 5.32 Å². The summed E-state index contributed by atoms with van der Waals surface area (Å²) in [5.74, 6) is -1.14. The number of aromatic nitrogens is 2. The molecule has 27 heavy (non-hydrogen) atoms. The van der Waals surface area contributed by atoms with E-state index >= 15 is 0 Å². The molecule has 2 heterocycles. The van der Waals surface area contributed by atoms with E-state index in [9.17, 15) is 14.4 Å². The van der Waals surface area contributed by atoms with Crippen LogP contribution in [-0.2, 0) is 4.79 Å². The van der Waals surface area contributed by atoms with Gasteiger partial charge in [-0.05, 0) is 18.4 Å². The number of carbonyl (C=O) groups excluding carboxylic acids is 3. The van der Waals surface area contributed by atoms with Gasteiger partial charge in [-0.15, -0.1) is 0 Å². The molecule has 0 spiro atoms. The number of Topliss-reactive ketones (excluding diaryl/α,β-unsaturated/α-hetero) is 3. The fraction of sp³-hybridized carbons (Fsp3) is 0.190. The predicted molar refractivity (Wildman–Crippen MR) is 95.9 cm³/mol. The average molecular weight is 357 g/mol. The molecule has 0 fully saturated rings. The van der Waals surface area contributed by atoms with Crippen LogP contribution in [0.25, 0.3) is 0 Å². The molecule has 6 heteroatoms. The zero-order valence-corrected chi connectivity index (χ0v) is 14.4. The molecular weight excluding hydrogens is 342 g/mol. The highest BCUT2D eigenvalue weighted by atomic mass is 16.1. The van der Waals surface area contributed by atoms with E-state index in [1.807, 2.05) is 30.3 Å². The number of hydrogen-bond acceptors (Lipinski definition) is 6. The summed E-state index contributed by atoms with van der Waals surface area (Å²) in [6, 6.07) is 9.41. The van der Waals surface area contributed by atoms with Crippen molar-refractivity contribution in [3.8, 4) is 0 Å². The van der Waals surface area contributed by atoms with Crippen LogP contribution in [-0.4, -0.2) is 27.3 Å². The van der Waals surface area contributed by atoms with Crippen molar-refractivity contribution in [1.82, 2.24) is 15.3 Å². The van der Waals surface area contributed by atoms with Crippen molar-refractivity contribution in [1.29, 1.82) is 0 Å². The Morgan fingerprint density at radius 3 is 2.59 bits per heavy atom. The molecule has 0 saturated carbocycles. The van der Waals surface area contributed by atoms with Crippen molar-refractivity contribution in [2.75, 3.05) is 0 Å². The Morgan fingerprint density at radius 2 is 1.78 bits per heavy atom. The number of dihydropyridines is 1. The van der Waals surface area contributed by atoms with E-state index in [0.29, 0.717) is 24.0 Å². The van der Waals surface area contributed by atoms with Gasteiger partial charge in [0.1, 0.15) is 12.0 Å². The van der Waals surface area contributed by atoms with Crippen molar-refractivity contribution in [3.63, 3.8) is 0 Å². The highest BCUT2D eigenvalue weighted by molar-refractivity contribution is 6.27. The summed E-state index contributed by atoms with van der Waals surface area (Å²) in [5, 5.41) is 3.12. The van der Waals surface area contributed by atoms with E-state index in [1.54, 1.807) is 0 Å². The van der Waals surface area contributed by atoms with Gasteiger partial charge >= 0.3 is 0 Å². The SMILES string of the molecule is O=C1CCCC2=C1C(c1ccccc1)C1=C(N2)C(=O)c2ncncc2C1=O. The molecule has 2 aromatic rings. The first kappa shape index (κ1) is 15.8. The number of allylic oxidation sites excluding steroid dienone is 4. The van der Waals surface area contributed by atoms with Gasteiger partial charge in [-0.2, -0.15) is 0 Å². The molecule has 1 aliphatic heterocycles. The van der Waals surface area contributed by atoms with E-state index in [-0.39, 0.29) is 34.3 Å². The number of nitrogens with zero attached hydrogens (tertiary/aromatic N) is 2. The molecule has 1 unspecified atom stereocenters. The van der Waals surface area contributed by atoms with Crippen LogP contribution in [0.15, 0.2) is 65.4 Å². The number of benzene rings is 1.